The molecule has 1 aromatic heterocycles. The first-order valence-corrected chi connectivity index (χ1v) is 7.24. The number of nitrogens with two attached hydrogens (primary N) is 1. The van der Waals surface area contributed by atoms with Crippen LogP contribution in [0.2, 0.25) is 0 Å². The average Bonchev–Trinajstić information content (AvgIpc) is 2.70. The molecule has 0 saturated carbocycles. The van der Waals surface area contributed by atoms with Crippen LogP contribution in [0.25, 0.3) is 0 Å². The molecule has 8 heteroatoms. The van der Waals surface area contributed by atoms with Gasteiger partial charge in [-0.1, -0.05) is 0 Å². The summed E-state index contributed by atoms with van der Waals surface area (Å²) in [6, 6.07) is 1.33. The first kappa shape index (κ1) is 15.7. The minimum Gasteiger partial charge on any atom is -0.354 e. The topological polar surface area (TPSA) is 106 Å². The molecule has 0 atom stereocenters. The van der Waals surface area contributed by atoms with Crippen LogP contribution in [0.15, 0.2) is 17.2 Å². The molecule has 0 unspecified atom stereocenters. The summed E-state index contributed by atoms with van der Waals surface area (Å²) in [5.41, 5.74) is 5.02. The van der Waals surface area contributed by atoms with Gasteiger partial charge in [0, 0.05) is 32.4 Å². The zero-order valence-corrected chi connectivity index (χ0v) is 12.3. The molecule has 1 rings (SSSR count). The molecule has 7 nitrogen and oxygen atoms in total. The second-order valence-electron chi connectivity index (χ2n) is 4.94. The van der Waals surface area contributed by atoms with Crippen molar-refractivity contribution >= 4 is 15.9 Å². The zero-order valence-electron chi connectivity index (χ0n) is 11.5. The minimum atomic E-state index is -3.70. The van der Waals surface area contributed by atoms with Crippen LogP contribution in [-0.2, 0) is 17.1 Å². The predicted octanol–water partition coefficient (Wildman–Crippen LogP) is -0.600. The van der Waals surface area contributed by atoms with Crippen molar-refractivity contribution in [2.45, 2.75) is 24.3 Å². The molecule has 108 valence electrons. The normalized spacial score (nSPS) is 12.5. The standard InChI is InChI=1S/C11H20N4O3S/c1-11(2,7-12)14-19(17,18)8-5-9(10(16)13-3)15(4)6-8/h5-6,14H,7,12H2,1-4H3,(H,13,16). The Morgan fingerprint density at radius 3 is 2.53 bits per heavy atom. The Bertz CT molecular complexity index is 575. The number of hydrogen-bond donors (Lipinski definition) is 3. The van der Waals surface area contributed by atoms with Crippen LogP contribution in [0.3, 0.4) is 0 Å². The summed E-state index contributed by atoms with van der Waals surface area (Å²) < 4.78 is 28.3. The van der Waals surface area contributed by atoms with E-state index in [4.69, 9.17) is 5.73 Å². The predicted molar refractivity (Wildman–Crippen MR) is 72.3 cm³/mol. The number of nitrogens with zero attached hydrogens (tertiary/aromatic N) is 1. The fourth-order valence-electron chi connectivity index (χ4n) is 1.50. The lowest BCUT2D eigenvalue weighted by atomic mass is 10.1. The second kappa shape index (κ2) is 5.32. The molecule has 0 bridgehead atoms. The van der Waals surface area contributed by atoms with Gasteiger partial charge in [0.2, 0.25) is 10.0 Å². The molecule has 0 spiro atoms. The van der Waals surface area contributed by atoms with Crippen molar-refractivity contribution in [3.63, 3.8) is 0 Å². The SMILES string of the molecule is CNC(=O)c1cc(S(=O)(=O)NC(C)(C)CN)cn1C. The van der Waals surface area contributed by atoms with Crippen molar-refractivity contribution in [1.82, 2.24) is 14.6 Å². The number of carbonyl (C=O) groups is 1. The van der Waals surface area contributed by atoms with Crippen molar-refractivity contribution in [2.75, 3.05) is 13.6 Å². The van der Waals surface area contributed by atoms with Gasteiger partial charge in [-0.2, -0.15) is 0 Å². The maximum absolute atomic E-state index is 12.2. The van der Waals surface area contributed by atoms with Crippen LogP contribution in [-0.4, -0.2) is 38.0 Å². The highest BCUT2D eigenvalue weighted by Crippen LogP contribution is 2.15. The molecule has 0 aliphatic rings. The Labute approximate surface area is 113 Å². The maximum atomic E-state index is 12.2. The Hall–Kier alpha value is -1.38. The molecule has 0 fully saturated rings. The van der Waals surface area contributed by atoms with Gasteiger partial charge in [-0.05, 0) is 19.9 Å². The summed E-state index contributed by atoms with van der Waals surface area (Å²) in [5.74, 6) is -0.345. The molecule has 4 N–H and O–H groups in total. The van der Waals surface area contributed by atoms with E-state index < -0.39 is 15.6 Å². The number of sulfonamides is 1. The largest absolute Gasteiger partial charge is 0.354 e. The lowest BCUT2D eigenvalue weighted by Crippen LogP contribution is -2.48. The summed E-state index contributed by atoms with van der Waals surface area (Å²) >= 11 is 0. The van der Waals surface area contributed by atoms with E-state index in [2.05, 4.69) is 10.0 Å². The van der Waals surface area contributed by atoms with E-state index in [1.165, 1.54) is 23.9 Å². The molecule has 19 heavy (non-hydrogen) atoms. The average molecular weight is 288 g/mol. The summed E-state index contributed by atoms with van der Waals surface area (Å²) in [6.45, 7) is 3.54. The Balaban J connectivity index is 3.14. The Morgan fingerprint density at radius 2 is 2.05 bits per heavy atom. The number of hydrogen-bond acceptors (Lipinski definition) is 4. The van der Waals surface area contributed by atoms with Crippen LogP contribution >= 0.6 is 0 Å². The maximum Gasteiger partial charge on any atom is 0.267 e. The van der Waals surface area contributed by atoms with Gasteiger partial charge in [-0.25, -0.2) is 13.1 Å². The van der Waals surface area contributed by atoms with Gasteiger partial charge in [0.15, 0.2) is 0 Å². The number of carbonyl (C=O) groups excluding carboxylic acids is 1. The van der Waals surface area contributed by atoms with Crippen LogP contribution in [0.1, 0.15) is 24.3 Å². The summed E-state index contributed by atoms with van der Waals surface area (Å²) in [7, 11) is -0.610. The third-order valence-electron chi connectivity index (χ3n) is 2.67. The molecular formula is C11H20N4O3S. The minimum absolute atomic E-state index is 0.0372. The lowest BCUT2D eigenvalue weighted by Gasteiger charge is -2.23. The van der Waals surface area contributed by atoms with Crippen molar-refractivity contribution in [3.8, 4) is 0 Å². The van der Waals surface area contributed by atoms with Crippen molar-refractivity contribution in [3.05, 3.63) is 18.0 Å². The van der Waals surface area contributed by atoms with Gasteiger partial charge in [0.25, 0.3) is 5.91 Å². The highest BCUT2D eigenvalue weighted by Gasteiger charge is 2.27. The van der Waals surface area contributed by atoms with Crippen LogP contribution in [0.4, 0.5) is 0 Å². The van der Waals surface area contributed by atoms with E-state index in [1.54, 1.807) is 20.9 Å². The lowest BCUT2D eigenvalue weighted by molar-refractivity contribution is 0.0955. The molecule has 0 aliphatic heterocycles. The van der Waals surface area contributed by atoms with Crippen molar-refractivity contribution < 1.29 is 13.2 Å². The van der Waals surface area contributed by atoms with Crippen LogP contribution in [0.5, 0.6) is 0 Å². The van der Waals surface area contributed by atoms with Gasteiger partial charge in [0.1, 0.15) is 10.6 Å². The summed E-state index contributed by atoms with van der Waals surface area (Å²) in [4.78, 5) is 11.6. The number of aromatic nitrogens is 1. The smallest absolute Gasteiger partial charge is 0.267 e. The Morgan fingerprint density at radius 1 is 1.47 bits per heavy atom. The molecule has 1 heterocycles. The molecule has 0 aliphatic carbocycles. The fraction of sp³-hybridized carbons (Fsp3) is 0.545. The molecule has 1 amide bonds. The summed E-state index contributed by atoms with van der Waals surface area (Å²) in [5, 5.41) is 2.45. The van der Waals surface area contributed by atoms with Crippen LogP contribution < -0.4 is 15.8 Å². The quantitative estimate of drug-likeness (QED) is 0.672. The van der Waals surface area contributed by atoms with E-state index in [-0.39, 0.29) is 23.0 Å². The number of rotatable bonds is 5. The fourth-order valence-corrected chi connectivity index (χ4v) is 2.99. The van der Waals surface area contributed by atoms with Gasteiger partial charge >= 0.3 is 0 Å². The molecular weight excluding hydrogens is 268 g/mol. The molecule has 0 saturated heterocycles. The highest BCUT2D eigenvalue weighted by atomic mass is 32.2. The number of aryl methyl sites for hydroxylation is 1. The summed E-state index contributed by atoms with van der Waals surface area (Å²) in [6.07, 6.45) is 1.39. The van der Waals surface area contributed by atoms with Gasteiger partial charge in [-0.3, -0.25) is 4.79 Å². The zero-order chi connectivity index (χ0) is 14.8. The highest BCUT2D eigenvalue weighted by molar-refractivity contribution is 7.89. The molecule has 1 aromatic rings. The Kier molecular flexibility index (Phi) is 4.39. The molecule has 0 radical (unpaired) electrons. The van der Waals surface area contributed by atoms with Crippen LogP contribution in [0, 0.1) is 0 Å². The van der Waals surface area contributed by atoms with Crippen molar-refractivity contribution in [1.29, 1.82) is 0 Å². The van der Waals surface area contributed by atoms with E-state index in [0.29, 0.717) is 0 Å². The van der Waals surface area contributed by atoms with E-state index >= 15 is 0 Å². The first-order valence-electron chi connectivity index (χ1n) is 5.75. The number of nitrogens with one attached hydrogen (secondary N) is 2. The monoisotopic (exact) mass is 288 g/mol. The first-order chi connectivity index (χ1) is 8.63. The van der Waals surface area contributed by atoms with E-state index in [0.717, 1.165) is 0 Å². The van der Waals surface area contributed by atoms with E-state index in [1.807, 2.05) is 0 Å². The third-order valence-corrected chi connectivity index (χ3v) is 4.34. The number of amides is 1. The third kappa shape index (κ3) is 3.55. The van der Waals surface area contributed by atoms with Crippen molar-refractivity contribution in [2.24, 2.45) is 12.8 Å². The van der Waals surface area contributed by atoms with E-state index in [9.17, 15) is 13.2 Å². The van der Waals surface area contributed by atoms with Gasteiger partial charge in [-0.15, -0.1) is 0 Å². The van der Waals surface area contributed by atoms with Gasteiger partial charge in [0.05, 0.1) is 0 Å². The van der Waals surface area contributed by atoms with Gasteiger partial charge < -0.3 is 15.6 Å². The molecule has 0 aromatic carbocycles. The second-order valence-corrected chi connectivity index (χ2v) is 6.63.